The van der Waals surface area contributed by atoms with E-state index in [-0.39, 0.29) is 0 Å². The summed E-state index contributed by atoms with van der Waals surface area (Å²) in [6.07, 6.45) is 8.85. The number of aromatic nitrogens is 1. The molecule has 0 aromatic carbocycles. The molecule has 0 spiro atoms. The molecule has 0 amide bonds. The monoisotopic (exact) mass is 250 g/mol. The van der Waals surface area contributed by atoms with Crippen LogP contribution in [0.1, 0.15) is 37.8 Å². The second-order valence-electron chi connectivity index (χ2n) is 5.34. The molecule has 1 saturated carbocycles. The maximum atomic E-state index is 6.01. The van der Waals surface area contributed by atoms with Gasteiger partial charge in [-0.05, 0) is 43.9 Å². The normalized spacial score (nSPS) is 29.2. The molecule has 1 aromatic heterocycles. The predicted molar refractivity (Wildman–Crippen MR) is 70.0 cm³/mol. The highest BCUT2D eigenvalue weighted by molar-refractivity contribution is 6.30. The zero-order valence-corrected chi connectivity index (χ0v) is 10.9. The van der Waals surface area contributed by atoms with Crippen molar-refractivity contribution in [2.45, 2.75) is 44.7 Å². The van der Waals surface area contributed by atoms with Gasteiger partial charge in [0.15, 0.2) is 0 Å². The summed E-state index contributed by atoms with van der Waals surface area (Å²) >= 11 is 6.01. The van der Waals surface area contributed by atoms with Crippen molar-refractivity contribution in [1.29, 1.82) is 0 Å². The van der Waals surface area contributed by atoms with Gasteiger partial charge >= 0.3 is 0 Å². The van der Waals surface area contributed by atoms with E-state index >= 15 is 0 Å². The Kier molecular flexibility index (Phi) is 3.34. The Morgan fingerprint density at radius 3 is 3.06 bits per heavy atom. The number of hydrogen-bond acceptors (Lipinski definition) is 2. The van der Waals surface area contributed by atoms with Gasteiger partial charge < -0.3 is 0 Å². The van der Waals surface area contributed by atoms with Gasteiger partial charge in [0.2, 0.25) is 0 Å². The van der Waals surface area contributed by atoms with E-state index in [1.165, 1.54) is 38.6 Å². The Bertz CT molecular complexity index is 394. The molecule has 0 bridgehead atoms. The number of likely N-dealkylation sites (tertiary alicyclic amines) is 1. The van der Waals surface area contributed by atoms with Gasteiger partial charge in [-0.1, -0.05) is 24.4 Å². The number of halogens is 1. The molecule has 1 aromatic rings. The van der Waals surface area contributed by atoms with Crippen LogP contribution in [-0.2, 0) is 6.54 Å². The van der Waals surface area contributed by atoms with Gasteiger partial charge in [-0.2, -0.15) is 0 Å². The summed E-state index contributed by atoms with van der Waals surface area (Å²) in [5, 5.41) is 0.800. The zero-order valence-electron chi connectivity index (χ0n) is 10.1. The minimum Gasteiger partial charge on any atom is -0.294 e. The van der Waals surface area contributed by atoms with E-state index in [9.17, 15) is 0 Å². The van der Waals surface area contributed by atoms with Crippen LogP contribution in [0.15, 0.2) is 18.3 Å². The summed E-state index contributed by atoms with van der Waals surface area (Å²) in [5.74, 6) is 0.947. The molecule has 2 nitrogen and oxygen atoms in total. The fourth-order valence-electron chi connectivity index (χ4n) is 3.44. The highest BCUT2D eigenvalue weighted by atomic mass is 35.5. The van der Waals surface area contributed by atoms with Crippen LogP contribution >= 0.6 is 11.6 Å². The summed E-state index contributed by atoms with van der Waals surface area (Å²) in [6.45, 7) is 2.21. The topological polar surface area (TPSA) is 16.1 Å². The SMILES string of the molecule is Clc1ccnc(CN2CCC3CCCCC32)c1. The van der Waals surface area contributed by atoms with E-state index in [1.807, 2.05) is 18.3 Å². The highest BCUT2D eigenvalue weighted by Gasteiger charge is 2.35. The number of nitrogens with zero attached hydrogens (tertiary/aromatic N) is 2. The quantitative estimate of drug-likeness (QED) is 0.799. The summed E-state index contributed by atoms with van der Waals surface area (Å²) in [5.41, 5.74) is 1.11. The van der Waals surface area contributed by atoms with Gasteiger partial charge in [-0.3, -0.25) is 9.88 Å². The first-order valence-corrected chi connectivity index (χ1v) is 7.05. The van der Waals surface area contributed by atoms with Crippen LogP contribution in [0.25, 0.3) is 0 Å². The van der Waals surface area contributed by atoms with Crippen molar-refractivity contribution in [1.82, 2.24) is 9.88 Å². The number of pyridine rings is 1. The molecule has 2 unspecified atom stereocenters. The van der Waals surface area contributed by atoms with Crippen LogP contribution in [0.2, 0.25) is 5.02 Å². The lowest BCUT2D eigenvalue weighted by molar-refractivity contribution is 0.174. The average Bonchev–Trinajstić information content (AvgIpc) is 2.73. The molecule has 0 N–H and O–H groups in total. The third-order valence-corrected chi connectivity index (χ3v) is 4.50. The summed E-state index contributed by atoms with van der Waals surface area (Å²) in [6, 6.07) is 4.65. The van der Waals surface area contributed by atoms with Gasteiger partial charge in [0.05, 0.1) is 5.69 Å². The van der Waals surface area contributed by atoms with Crippen molar-refractivity contribution in [3.63, 3.8) is 0 Å². The molecule has 1 aliphatic carbocycles. The fourth-order valence-corrected chi connectivity index (χ4v) is 3.62. The molecule has 2 heterocycles. The summed E-state index contributed by atoms with van der Waals surface area (Å²) in [4.78, 5) is 7.03. The number of hydrogen-bond donors (Lipinski definition) is 0. The zero-order chi connectivity index (χ0) is 11.7. The van der Waals surface area contributed by atoms with Crippen LogP contribution in [0, 0.1) is 5.92 Å². The van der Waals surface area contributed by atoms with E-state index in [0.717, 1.165) is 29.2 Å². The molecule has 1 aliphatic heterocycles. The lowest BCUT2D eigenvalue weighted by Gasteiger charge is -2.31. The van der Waals surface area contributed by atoms with Crippen LogP contribution < -0.4 is 0 Å². The molecule has 92 valence electrons. The van der Waals surface area contributed by atoms with Gasteiger partial charge in [0, 0.05) is 23.8 Å². The van der Waals surface area contributed by atoms with E-state index in [4.69, 9.17) is 11.6 Å². The molecule has 1 saturated heterocycles. The molecular weight excluding hydrogens is 232 g/mol. The van der Waals surface area contributed by atoms with Crippen molar-refractivity contribution in [3.05, 3.63) is 29.0 Å². The first-order valence-electron chi connectivity index (χ1n) is 6.67. The third kappa shape index (κ3) is 2.48. The van der Waals surface area contributed by atoms with Gasteiger partial charge in [-0.15, -0.1) is 0 Å². The van der Waals surface area contributed by atoms with Crippen molar-refractivity contribution in [3.8, 4) is 0 Å². The van der Waals surface area contributed by atoms with Gasteiger partial charge in [-0.25, -0.2) is 0 Å². The lowest BCUT2D eigenvalue weighted by Crippen LogP contribution is -2.34. The maximum absolute atomic E-state index is 6.01. The highest BCUT2D eigenvalue weighted by Crippen LogP contribution is 2.36. The van der Waals surface area contributed by atoms with Crippen molar-refractivity contribution in [2.24, 2.45) is 5.92 Å². The van der Waals surface area contributed by atoms with Crippen LogP contribution in [0.3, 0.4) is 0 Å². The van der Waals surface area contributed by atoms with Crippen molar-refractivity contribution < 1.29 is 0 Å². The lowest BCUT2D eigenvalue weighted by atomic mass is 9.85. The molecule has 3 rings (SSSR count). The largest absolute Gasteiger partial charge is 0.294 e. The summed E-state index contributed by atoms with van der Waals surface area (Å²) in [7, 11) is 0. The second-order valence-corrected chi connectivity index (χ2v) is 5.77. The first-order chi connectivity index (χ1) is 8.33. The molecule has 3 heteroatoms. The number of rotatable bonds is 2. The van der Waals surface area contributed by atoms with Crippen LogP contribution in [0.5, 0.6) is 0 Å². The maximum Gasteiger partial charge on any atom is 0.0558 e. The Hall–Kier alpha value is -0.600. The Morgan fingerprint density at radius 1 is 1.29 bits per heavy atom. The second kappa shape index (κ2) is 4.95. The Labute approximate surface area is 108 Å². The smallest absolute Gasteiger partial charge is 0.0558 e. The van der Waals surface area contributed by atoms with E-state index in [0.29, 0.717) is 0 Å². The van der Waals surface area contributed by atoms with E-state index in [2.05, 4.69) is 9.88 Å². The molecular formula is C14H19ClN2. The van der Waals surface area contributed by atoms with Crippen molar-refractivity contribution in [2.75, 3.05) is 6.54 Å². The molecule has 2 aliphatic rings. The standard InChI is InChI=1S/C14H19ClN2/c15-12-5-7-16-13(9-12)10-17-8-6-11-3-1-2-4-14(11)17/h5,7,9,11,14H,1-4,6,8,10H2. The van der Waals surface area contributed by atoms with Crippen LogP contribution in [-0.4, -0.2) is 22.5 Å². The molecule has 17 heavy (non-hydrogen) atoms. The minimum atomic E-state index is 0.800. The van der Waals surface area contributed by atoms with E-state index < -0.39 is 0 Å². The summed E-state index contributed by atoms with van der Waals surface area (Å²) < 4.78 is 0. The first kappa shape index (κ1) is 11.5. The average molecular weight is 251 g/mol. The molecule has 0 radical (unpaired) electrons. The van der Waals surface area contributed by atoms with Gasteiger partial charge in [0.25, 0.3) is 0 Å². The number of fused-ring (bicyclic) bond motifs is 1. The molecule has 2 fully saturated rings. The minimum absolute atomic E-state index is 0.800. The van der Waals surface area contributed by atoms with Crippen LogP contribution in [0.4, 0.5) is 0 Å². The fraction of sp³-hybridized carbons (Fsp3) is 0.643. The predicted octanol–water partition coefficient (Wildman–Crippen LogP) is 3.50. The molecule has 2 atom stereocenters. The van der Waals surface area contributed by atoms with Gasteiger partial charge in [0.1, 0.15) is 0 Å². The van der Waals surface area contributed by atoms with E-state index in [1.54, 1.807) is 0 Å². The van der Waals surface area contributed by atoms with Crippen molar-refractivity contribution >= 4 is 11.6 Å². The third-order valence-electron chi connectivity index (χ3n) is 4.27. The Balaban J connectivity index is 1.69. The Morgan fingerprint density at radius 2 is 2.18 bits per heavy atom.